The van der Waals surface area contributed by atoms with Crippen LogP contribution in [0.3, 0.4) is 0 Å². The lowest BCUT2D eigenvalue weighted by atomic mass is 10.00. The van der Waals surface area contributed by atoms with Crippen LogP contribution >= 0.6 is 23.5 Å². The SMILES string of the molecule is [2H]c1c(C)c([2H])c2c(=O)c([2H])c(SC([2H])([2H])c3cccc(F)c3F)n(C([2H])([2H])C(=O)N(C3CCN(CC([2H])([2H])OC([2H])([2H])[2H])CC3)C([2H])([2H])c3ccc(-c4ccc(C(F)(F)F)cc4)cc3)c2c1[2H].[2H]c1c(C)c([2H])c2c(=O)c([2H])c(SCc3cccc(F)c3F)n(C([2H])([2H])C(=O)N(C3CCN(CC([2H])([2H])OC([2H])([2H])[2H])CC3)C([2H])([2H])c3ccc(-c4ccc(C(F)(F)F)cc4)cc3)c2c1[2H]. The maximum Gasteiger partial charge on any atom is 0.416 e. The first-order valence-electron chi connectivity index (χ1n) is 46.3. The number of carbonyl (C=O) groups is 2. The molecular weight excluding hydrogens is 1420 g/mol. The molecule has 24 heteroatoms. The highest BCUT2D eigenvalue weighted by Gasteiger charge is 2.34. The number of carbonyl (C=O) groups excluding carboxylic acids is 2. The van der Waals surface area contributed by atoms with Gasteiger partial charge in [-0.1, -0.05) is 120 Å². The van der Waals surface area contributed by atoms with Crippen LogP contribution in [0.1, 0.15) is 109 Å². The van der Waals surface area contributed by atoms with E-state index < -0.39 is 245 Å². The van der Waals surface area contributed by atoms with Gasteiger partial charge in [0, 0.05) is 127 Å². The Hall–Kier alpha value is -9.04. The highest BCUT2D eigenvalue weighted by Crippen LogP contribution is 2.36. The first-order chi connectivity index (χ1) is 61.7. The van der Waals surface area contributed by atoms with Gasteiger partial charge in [0.1, 0.15) is 13.0 Å². The van der Waals surface area contributed by atoms with Gasteiger partial charge in [-0.05, 0) is 133 Å². The summed E-state index contributed by atoms with van der Waals surface area (Å²) in [4.78, 5) is 62.4. The topological polar surface area (TPSA) is 110 Å². The molecule has 2 aliphatic heterocycles. The number of likely N-dealkylation sites (tertiary alicyclic amines) is 2. The number of rotatable bonds is 24. The summed E-state index contributed by atoms with van der Waals surface area (Å²) in [6.45, 7) is -18.2. The number of hydrogen-bond donors (Lipinski definition) is 0. The number of amides is 2. The molecule has 4 heterocycles. The largest absolute Gasteiger partial charge is 0.416 e. The second-order valence-electron chi connectivity index (χ2n) is 24.1. The van der Waals surface area contributed by atoms with Crippen molar-refractivity contribution >= 4 is 57.1 Å². The van der Waals surface area contributed by atoms with E-state index in [4.69, 9.17) is 27.4 Å². The van der Waals surface area contributed by atoms with E-state index in [-0.39, 0.29) is 102 Å². The van der Waals surface area contributed by atoms with Crippen LogP contribution in [0.5, 0.6) is 0 Å². The number of hydrogen-bond acceptors (Lipinski definition) is 10. The second kappa shape index (κ2) is 35.1. The van der Waals surface area contributed by atoms with Crippen LogP contribution in [0.2, 0.25) is 0 Å². The van der Waals surface area contributed by atoms with Crippen LogP contribution in [-0.4, -0.2) is 119 Å². The van der Waals surface area contributed by atoms with Crippen molar-refractivity contribution in [2.75, 3.05) is 66.5 Å². The van der Waals surface area contributed by atoms with Gasteiger partial charge in [0.05, 0.1) is 81.0 Å². The van der Waals surface area contributed by atoms with Crippen LogP contribution in [0.4, 0.5) is 43.9 Å². The Morgan fingerprint density at radius 1 is 0.519 bits per heavy atom. The molecule has 556 valence electrons. The highest BCUT2D eigenvalue weighted by atomic mass is 32.2. The summed E-state index contributed by atoms with van der Waals surface area (Å²) in [5.74, 6) is -9.79. The standard InChI is InChI=1S/2C41H40F5N3O3S/c2*1-27-6-15-36-34(22-27)37(50)23-39(53-26-31-4-3-5-35(42)40(31)43)49(36)25-38(51)48(33-16-18-47(19-17-33)20-21-52-2)24-28-7-9-29(10-8-28)30-11-13-32(14-12-30)41(44,45)46/h2*3-15,22-23,33H,16-21,24-26H2,1-2H3/i2D3,6D,15D,21D2,22D,23D,24D2,25D2,26D2;2D3,6D,15D,21D2,22D,23D,24D2,25D2. The number of nitrogens with zero attached hydrogens (tertiary/aromatic N) is 6. The molecule has 2 aliphatic rings. The van der Waals surface area contributed by atoms with Crippen LogP contribution < -0.4 is 10.9 Å². The lowest BCUT2D eigenvalue weighted by Crippen LogP contribution is -2.48. The molecule has 0 spiro atoms. The second-order valence-corrected chi connectivity index (χ2v) is 25.8. The summed E-state index contributed by atoms with van der Waals surface area (Å²) in [7, 11) is -6.22. The predicted molar refractivity (Wildman–Crippen MR) is 395 cm³/mol. The van der Waals surface area contributed by atoms with Crippen molar-refractivity contribution in [3.05, 3.63) is 270 Å². The molecule has 2 aromatic heterocycles. The molecule has 2 saturated heterocycles. The number of piperidine rings is 2. The third-order valence-electron chi connectivity index (χ3n) is 17.0. The van der Waals surface area contributed by atoms with E-state index in [1.807, 2.05) is 0 Å². The van der Waals surface area contributed by atoms with E-state index in [1.165, 1.54) is 109 Å². The molecule has 0 bridgehead atoms. The van der Waals surface area contributed by atoms with Crippen LogP contribution in [-0.2, 0) is 68.9 Å². The summed E-state index contributed by atoms with van der Waals surface area (Å²) < 4.78 is 389. The minimum Gasteiger partial charge on any atom is -0.383 e. The third-order valence-corrected chi connectivity index (χ3v) is 18.8. The van der Waals surface area contributed by atoms with E-state index >= 15 is 14.0 Å². The van der Waals surface area contributed by atoms with Crippen molar-refractivity contribution in [2.24, 2.45) is 0 Å². The van der Waals surface area contributed by atoms with Crippen LogP contribution in [0, 0.1) is 37.1 Å². The fourth-order valence-corrected chi connectivity index (χ4v) is 13.1. The molecular formula is C82H80F10N6O6S2. The van der Waals surface area contributed by atoms with Crippen LogP contribution in [0.25, 0.3) is 44.1 Å². The maximum absolute atomic E-state index is 15.4. The van der Waals surface area contributed by atoms with Gasteiger partial charge in [-0.15, -0.1) is 23.5 Å². The molecule has 10 aromatic rings. The number of methoxy groups -OCH3 is 2. The Bertz CT molecular complexity index is 6270. The Morgan fingerprint density at radius 3 is 1.29 bits per heavy atom. The average molecular weight is 1530 g/mol. The number of thioether (sulfide) groups is 2. The molecule has 2 amide bonds. The normalized spacial score (nSPS) is 19.2. The number of aromatic nitrogens is 2. The molecule has 2 fully saturated rings. The number of halogens is 10. The van der Waals surface area contributed by atoms with Gasteiger partial charge < -0.3 is 38.2 Å². The Morgan fingerprint density at radius 2 is 0.896 bits per heavy atom. The molecule has 0 atom stereocenters. The zero-order valence-corrected chi connectivity index (χ0v) is 57.5. The van der Waals surface area contributed by atoms with E-state index in [0.717, 1.165) is 42.5 Å². The quantitative estimate of drug-likeness (QED) is 0.0428. The van der Waals surface area contributed by atoms with Gasteiger partial charge in [0.2, 0.25) is 11.8 Å². The minimum absolute atomic E-state index is 0.108. The zero-order valence-electron chi connectivity index (χ0n) is 83.9. The van der Waals surface area contributed by atoms with Gasteiger partial charge in [-0.25, -0.2) is 17.6 Å². The first-order valence-corrected chi connectivity index (χ1v) is 34.1. The fourth-order valence-electron chi connectivity index (χ4n) is 11.5. The van der Waals surface area contributed by atoms with E-state index in [1.54, 1.807) is 0 Å². The molecule has 0 unspecified atom stereocenters. The summed E-state index contributed by atoms with van der Waals surface area (Å²) in [5.41, 5.74) is -10.4. The first kappa shape index (κ1) is 49.0. The Kier molecular flexibility index (Phi) is 16.2. The van der Waals surface area contributed by atoms with Crippen molar-refractivity contribution in [1.29, 1.82) is 0 Å². The Balaban J connectivity index is 0.000000258. The van der Waals surface area contributed by atoms with Crippen molar-refractivity contribution in [2.45, 2.75) is 111 Å². The van der Waals surface area contributed by atoms with Crippen molar-refractivity contribution in [3.8, 4) is 22.3 Å². The van der Waals surface area contributed by atoms with Gasteiger partial charge in [-0.2, -0.15) is 26.3 Å². The zero-order chi connectivity index (χ0) is 99.9. The smallest absolute Gasteiger partial charge is 0.383 e. The van der Waals surface area contributed by atoms with Gasteiger partial charge in [0.15, 0.2) is 34.1 Å². The van der Waals surface area contributed by atoms with Crippen molar-refractivity contribution in [3.63, 3.8) is 0 Å². The van der Waals surface area contributed by atoms with Crippen molar-refractivity contribution in [1.82, 2.24) is 28.7 Å². The molecule has 12 nitrogen and oxygen atoms in total. The number of ether oxygens (including phenoxy) is 2. The number of fused-ring (bicyclic) bond motifs is 2. The molecule has 0 N–H and O–H groups in total. The predicted octanol–water partition coefficient (Wildman–Crippen LogP) is 17.4. The monoisotopic (exact) mass is 1530 g/mol. The van der Waals surface area contributed by atoms with E-state index in [9.17, 15) is 60.1 Å². The van der Waals surface area contributed by atoms with Gasteiger partial charge >= 0.3 is 12.4 Å². The Labute approximate surface area is 655 Å². The number of benzene rings is 8. The third kappa shape index (κ3) is 19.6. The summed E-state index contributed by atoms with van der Waals surface area (Å²) in [5, 5.41) is -3.37. The van der Waals surface area contributed by atoms with E-state index in [0.29, 0.717) is 48.9 Å². The summed E-state index contributed by atoms with van der Waals surface area (Å²) in [6.07, 6.45) is -10.1. The molecule has 8 aromatic carbocycles. The number of pyridine rings is 2. The van der Waals surface area contributed by atoms with E-state index in [2.05, 4.69) is 9.47 Å². The van der Waals surface area contributed by atoms with Crippen molar-refractivity contribution < 1.29 is 101 Å². The lowest BCUT2D eigenvalue weighted by molar-refractivity contribution is -0.138. The maximum atomic E-state index is 15.4. The average Bonchev–Trinajstić information content (AvgIpc) is 0.584. The van der Waals surface area contributed by atoms with Gasteiger partial charge in [-0.3, -0.25) is 19.2 Å². The fraction of sp³-hybridized carbons (Fsp3) is 0.317. The minimum atomic E-state index is -4.63. The van der Waals surface area contributed by atoms with Gasteiger partial charge in [0.25, 0.3) is 0 Å². The highest BCUT2D eigenvalue weighted by molar-refractivity contribution is 7.98. The molecule has 0 saturated carbocycles. The van der Waals surface area contributed by atoms with Crippen LogP contribution in [0.15, 0.2) is 201 Å². The molecule has 0 radical (unpaired) electrons. The lowest BCUT2D eigenvalue weighted by Gasteiger charge is -2.39. The summed E-state index contributed by atoms with van der Waals surface area (Å²) >= 11 is 0.182. The molecule has 0 aliphatic carbocycles. The molecule has 12 rings (SSSR count). The number of alkyl halides is 6. The summed E-state index contributed by atoms with van der Waals surface area (Å²) in [6, 6.07) is 14.5. The molecule has 106 heavy (non-hydrogen) atoms.